The molecule has 2 nitrogen and oxygen atoms in total. The SMILES string of the molecule is N.P.PNP. The van der Waals surface area contributed by atoms with Crippen LogP contribution in [0.2, 0.25) is 0 Å². The monoisotopic (exact) mass is 132 g/mol. The summed E-state index contributed by atoms with van der Waals surface area (Å²) in [6.07, 6.45) is 0. The highest BCUT2D eigenvalue weighted by atomic mass is 31.1. The van der Waals surface area contributed by atoms with Gasteiger partial charge in [-0.2, -0.15) is 9.90 Å². The maximum atomic E-state index is 2.58. The summed E-state index contributed by atoms with van der Waals surface area (Å²) in [5, 5.41) is 0. The molecule has 0 aromatic rings. The fourth-order valence-corrected chi connectivity index (χ4v) is 0. The molecule has 0 amide bonds. The van der Waals surface area contributed by atoms with E-state index in [9.17, 15) is 0 Å². The minimum atomic E-state index is 0. The summed E-state index contributed by atoms with van der Waals surface area (Å²) in [7, 11) is 4.58. The van der Waals surface area contributed by atoms with E-state index in [1.807, 2.05) is 0 Å². The predicted octanol–water partition coefficient (Wildman–Crippen LogP) is 0.376. The lowest BCUT2D eigenvalue weighted by atomic mass is 13.9. The van der Waals surface area contributed by atoms with Gasteiger partial charge < -0.3 is 6.15 Å². The molecule has 36 valence electrons. The van der Waals surface area contributed by atoms with Gasteiger partial charge in [-0.15, -0.1) is 0 Å². The first-order chi connectivity index (χ1) is 1.41. The highest BCUT2D eigenvalue weighted by Crippen LogP contribution is 1.69. The van der Waals surface area contributed by atoms with Gasteiger partial charge in [0.25, 0.3) is 0 Å². The van der Waals surface area contributed by atoms with E-state index in [4.69, 9.17) is 0 Å². The first-order valence-electron chi connectivity index (χ1n) is 0.577. The summed E-state index contributed by atoms with van der Waals surface area (Å²) in [5.41, 5.74) is 0. The Hall–Kier alpha value is 1.21. The van der Waals surface area contributed by atoms with Crippen LogP contribution >= 0.6 is 28.7 Å². The normalized spacial score (nSPS) is 3.60. The smallest absolute Gasteiger partial charge is 0.0657 e. The van der Waals surface area contributed by atoms with Crippen LogP contribution in [0.5, 0.6) is 0 Å². The molecule has 3 unspecified atom stereocenters. The third kappa shape index (κ3) is 36.7. The molecule has 0 aliphatic carbocycles. The van der Waals surface area contributed by atoms with Crippen LogP contribution < -0.4 is 11.0 Å². The Balaban J connectivity index is -0.0000000200. The Morgan fingerprint density at radius 1 is 1.20 bits per heavy atom. The first-order valence-corrected chi connectivity index (χ1v) is 1.73. The van der Waals surface area contributed by atoms with Crippen molar-refractivity contribution in [3.05, 3.63) is 0 Å². The van der Waals surface area contributed by atoms with Crippen molar-refractivity contribution in [2.24, 2.45) is 0 Å². The van der Waals surface area contributed by atoms with Crippen molar-refractivity contribution in [3.63, 3.8) is 0 Å². The Kier molecular flexibility index (Phi) is 61.9. The first kappa shape index (κ1) is 16.4. The molecule has 0 fully saturated rings. The van der Waals surface area contributed by atoms with Gasteiger partial charge in [-0.1, -0.05) is 18.8 Å². The third-order valence-corrected chi connectivity index (χ3v) is 0. The van der Waals surface area contributed by atoms with E-state index in [0.717, 1.165) is 0 Å². The molecular weight excluding hydrogens is 121 g/mol. The zero-order chi connectivity index (χ0) is 2.71. The number of rotatable bonds is 0. The summed E-state index contributed by atoms with van der Waals surface area (Å²) in [6, 6.07) is 0. The second kappa shape index (κ2) is 18.9. The van der Waals surface area contributed by atoms with Crippen molar-refractivity contribution in [3.8, 4) is 0 Å². The molecule has 0 spiro atoms. The molecule has 0 bridgehead atoms. The van der Waals surface area contributed by atoms with Crippen LogP contribution in [0.1, 0.15) is 0 Å². The topological polar surface area (TPSA) is 47.0 Å². The second-order valence-electron chi connectivity index (χ2n) is 0.167. The van der Waals surface area contributed by atoms with Crippen molar-refractivity contribution in [1.29, 1.82) is 0 Å². The Morgan fingerprint density at radius 3 is 1.20 bits per heavy atom. The van der Waals surface area contributed by atoms with E-state index in [-0.39, 0.29) is 16.0 Å². The zero-order valence-electron chi connectivity index (χ0n) is 3.07. The molecule has 0 aromatic heterocycles. The van der Waals surface area contributed by atoms with Gasteiger partial charge in [-0.05, 0) is 0 Å². The molecule has 4 N–H and O–H groups in total. The average molecular weight is 132 g/mol. The molecule has 0 aliphatic heterocycles. The van der Waals surface area contributed by atoms with E-state index in [2.05, 4.69) is 23.6 Å². The molecule has 0 rings (SSSR count). The van der Waals surface area contributed by atoms with Gasteiger partial charge in [0.2, 0.25) is 0 Å². The number of nitrogens with one attached hydrogen (secondary N) is 1. The van der Waals surface area contributed by atoms with Gasteiger partial charge in [-0.3, -0.25) is 4.86 Å². The maximum Gasteiger partial charge on any atom is -0.0657 e. The van der Waals surface area contributed by atoms with Crippen molar-refractivity contribution in [2.75, 3.05) is 0 Å². The third-order valence-electron chi connectivity index (χ3n) is 0. The highest BCUT2D eigenvalue weighted by Gasteiger charge is 1.24. The highest BCUT2D eigenvalue weighted by molar-refractivity contribution is 7.31. The molecule has 3 atom stereocenters. The lowest BCUT2D eigenvalue weighted by Gasteiger charge is -1.59. The molecule has 0 saturated carbocycles. The summed E-state index contributed by atoms with van der Waals surface area (Å²) in [4.78, 5) is 2.58. The van der Waals surface area contributed by atoms with Crippen molar-refractivity contribution >= 4 is 28.7 Å². The van der Waals surface area contributed by atoms with Crippen LogP contribution in [-0.4, -0.2) is 0 Å². The van der Waals surface area contributed by atoms with E-state index in [1.165, 1.54) is 0 Å². The summed E-state index contributed by atoms with van der Waals surface area (Å²) < 4.78 is 0. The minimum Gasteiger partial charge on any atom is -0.344 e. The molecule has 5 heavy (non-hydrogen) atoms. The van der Waals surface area contributed by atoms with E-state index < -0.39 is 0 Å². The lowest BCUT2D eigenvalue weighted by molar-refractivity contribution is 1.78. The van der Waals surface area contributed by atoms with Gasteiger partial charge in [0, 0.05) is 0 Å². The molecule has 0 saturated heterocycles. The quantitative estimate of drug-likeness (QED) is 0.468. The van der Waals surface area contributed by atoms with Crippen LogP contribution in [0.4, 0.5) is 0 Å². The maximum absolute atomic E-state index is 2.58. The van der Waals surface area contributed by atoms with Gasteiger partial charge in [0.05, 0.1) is 0 Å². The lowest BCUT2D eigenvalue weighted by Crippen LogP contribution is -1.54. The minimum absolute atomic E-state index is 0. The fraction of sp³-hybridized carbons (Fsp3) is 0. The number of hydrogen-bond donors (Lipinski definition) is 2. The van der Waals surface area contributed by atoms with Crippen LogP contribution in [0.15, 0.2) is 0 Å². The summed E-state index contributed by atoms with van der Waals surface area (Å²) in [6.45, 7) is 0. The predicted molar refractivity (Wildman–Crippen MR) is 38.7 cm³/mol. The molecular formula is H11N2P3. The van der Waals surface area contributed by atoms with Gasteiger partial charge in [0.15, 0.2) is 0 Å². The van der Waals surface area contributed by atoms with Gasteiger partial charge in [0.1, 0.15) is 0 Å². The van der Waals surface area contributed by atoms with Crippen LogP contribution in [-0.2, 0) is 0 Å². The molecule has 5 heteroatoms. The van der Waals surface area contributed by atoms with Crippen LogP contribution in [0, 0.1) is 0 Å². The Labute approximate surface area is 40.6 Å². The Bertz CT molecular complexity index is 4.85. The van der Waals surface area contributed by atoms with Gasteiger partial charge in [-0.25, -0.2) is 0 Å². The van der Waals surface area contributed by atoms with Crippen molar-refractivity contribution in [1.82, 2.24) is 11.0 Å². The van der Waals surface area contributed by atoms with E-state index in [1.54, 1.807) is 0 Å². The van der Waals surface area contributed by atoms with Crippen LogP contribution in [0.25, 0.3) is 0 Å². The van der Waals surface area contributed by atoms with Crippen LogP contribution in [0.3, 0.4) is 0 Å². The largest absolute Gasteiger partial charge is 0.344 e. The van der Waals surface area contributed by atoms with Crippen molar-refractivity contribution < 1.29 is 0 Å². The van der Waals surface area contributed by atoms with E-state index in [0.29, 0.717) is 0 Å². The molecule has 0 radical (unpaired) electrons. The molecule has 0 aromatic carbocycles. The standard InChI is InChI=1S/H5NP2.H3N.H3P/c2-1-3;;/h1H,2-3H2;2*1H3. The van der Waals surface area contributed by atoms with Crippen molar-refractivity contribution in [2.45, 2.75) is 0 Å². The Morgan fingerprint density at radius 2 is 1.20 bits per heavy atom. The number of hydrogen-bond acceptors (Lipinski definition) is 2. The zero-order valence-corrected chi connectivity index (χ0v) is 6.79. The average Bonchev–Trinajstić information content (AvgIpc) is 0.918. The summed E-state index contributed by atoms with van der Waals surface area (Å²) >= 11 is 0. The molecule has 0 aliphatic rings. The fourth-order valence-electron chi connectivity index (χ4n) is 0. The molecule has 0 heterocycles. The second-order valence-corrected chi connectivity index (χ2v) is 1.50. The summed E-state index contributed by atoms with van der Waals surface area (Å²) in [5.74, 6) is 0. The van der Waals surface area contributed by atoms with Gasteiger partial charge >= 0.3 is 0 Å². The van der Waals surface area contributed by atoms with E-state index >= 15 is 0 Å².